The normalized spacial score (nSPS) is 15.3. The lowest BCUT2D eigenvalue weighted by atomic mass is 10.2. The van der Waals surface area contributed by atoms with Crippen molar-refractivity contribution in [1.29, 1.82) is 0 Å². The fourth-order valence-electron chi connectivity index (χ4n) is 2.63. The van der Waals surface area contributed by atoms with Crippen LogP contribution >= 0.6 is 0 Å². The van der Waals surface area contributed by atoms with Crippen molar-refractivity contribution in [2.75, 3.05) is 45.4 Å². The van der Waals surface area contributed by atoms with E-state index in [1.165, 1.54) is 0 Å². The summed E-state index contributed by atoms with van der Waals surface area (Å²) in [5, 5.41) is 12.1. The van der Waals surface area contributed by atoms with Crippen LogP contribution in [-0.2, 0) is 11.3 Å². The molecule has 8 heteroatoms. The maximum atomic E-state index is 5.49. The van der Waals surface area contributed by atoms with Gasteiger partial charge in [-0.2, -0.15) is 0 Å². The van der Waals surface area contributed by atoms with Gasteiger partial charge in [0.15, 0.2) is 11.5 Å². The molecule has 2 aromatic rings. The van der Waals surface area contributed by atoms with Gasteiger partial charge in [0, 0.05) is 19.7 Å². The van der Waals surface area contributed by atoms with Crippen LogP contribution in [0, 0.1) is 0 Å². The number of tetrazole rings is 1. The minimum atomic E-state index is 0.569. The standard InChI is InChI=1S/C15H21N5O3/c1-21-13-5-4-12(10-14(13)22-2)11-20-15(16-17-18-20)19-6-3-8-23-9-7-19/h4-5,10H,3,6-9,11H2,1-2H3. The largest absolute Gasteiger partial charge is 0.493 e. The molecule has 1 aromatic carbocycles. The van der Waals surface area contributed by atoms with E-state index in [1.54, 1.807) is 18.9 Å². The lowest BCUT2D eigenvalue weighted by molar-refractivity contribution is 0.152. The number of methoxy groups -OCH3 is 2. The summed E-state index contributed by atoms with van der Waals surface area (Å²) in [5.74, 6) is 2.17. The number of anilines is 1. The van der Waals surface area contributed by atoms with Crippen LogP contribution in [0.4, 0.5) is 5.95 Å². The van der Waals surface area contributed by atoms with Gasteiger partial charge in [-0.3, -0.25) is 0 Å². The van der Waals surface area contributed by atoms with Gasteiger partial charge in [-0.05, 0) is 34.5 Å². The molecule has 0 radical (unpaired) electrons. The summed E-state index contributed by atoms with van der Waals surface area (Å²) in [6.07, 6.45) is 0.975. The molecule has 1 saturated heterocycles. The van der Waals surface area contributed by atoms with E-state index in [0.29, 0.717) is 24.7 Å². The van der Waals surface area contributed by atoms with Gasteiger partial charge in [-0.1, -0.05) is 11.2 Å². The number of hydrogen-bond acceptors (Lipinski definition) is 7. The van der Waals surface area contributed by atoms with E-state index in [9.17, 15) is 0 Å². The van der Waals surface area contributed by atoms with Crippen LogP contribution in [0.2, 0.25) is 0 Å². The van der Waals surface area contributed by atoms with Crippen molar-refractivity contribution in [2.24, 2.45) is 0 Å². The maximum Gasteiger partial charge on any atom is 0.245 e. The molecular weight excluding hydrogens is 298 g/mol. The third kappa shape index (κ3) is 3.53. The van der Waals surface area contributed by atoms with Gasteiger partial charge in [0.2, 0.25) is 5.95 Å². The summed E-state index contributed by atoms with van der Waals surface area (Å²) in [5.41, 5.74) is 1.04. The van der Waals surface area contributed by atoms with Crippen LogP contribution in [0.3, 0.4) is 0 Å². The Hall–Kier alpha value is -2.35. The Morgan fingerprint density at radius 3 is 2.83 bits per heavy atom. The van der Waals surface area contributed by atoms with Gasteiger partial charge in [0.05, 0.1) is 27.4 Å². The van der Waals surface area contributed by atoms with Gasteiger partial charge >= 0.3 is 0 Å². The van der Waals surface area contributed by atoms with Crippen molar-refractivity contribution in [3.63, 3.8) is 0 Å². The van der Waals surface area contributed by atoms with E-state index < -0.39 is 0 Å². The second-order valence-corrected chi connectivity index (χ2v) is 5.28. The summed E-state index contributed by atoms with van der Waals surface area (Å²) in [6.45, 7) is 3.75. The molecule has 0 N–H and O–H groups in total. The average Bonchev–Trinajstić information content (AvgIpc) is 2.87. The molecule has 0 spiro atoms. The predicted molar refractivity (Wildman–Crippen MR) is 84.1 cm³/mol. The minimum absolute atomic E-state index is 0.569. The highest BCUT2D eigenvalue weighted by molar-refractivity contribution is 5.43. The number of benzene rings is 1. The Morgan fingerprint density at radius 2 is 2.00 bits per heavy atom. The Morgan fingerprint density at radius 1 is 1.13 bits per heavy atom. The first kappa shape index (κ1) is 15.5. The smallest absolute Gasteiger partial charge is 0.245 e. The van der Waals surface area contributed by atoms with Crippen LogP contribution in [-0.4, -0.2) is 60.7 Å². The van der Waals surface area contributed by atoms with Gasteiger partial charge in [0.25, 0.3) is 0 Å². The number of nitrogens with zero attached hydrogens (tertiary/aromatic N) is 5. The van der Waals surface area contributed by atoms with Crippen LogP contribution in [0.15, 0.2) is 18.2 Å². The SMILES string of the molecule is COc1ccc(Cn2nnnc2N2CCCOCC2)cc1OC. The third-order valence-corrected chi connectivity index (χ3v) is 3.80. The summed E-state index contributed by atoms with van der Waals surface area (Å²) < 4.78 is 17.9. The van der Waals surface area contributed by atoms with E-state index in [2.05, 4.69) is 20.4 Å². The second kappa shape index (κ2) is 7.28. The van der Waals surface area contributed by atoms with Gasteiger partial charge in [-0.15, -0.1) is 0 Å². The van der Waals surface area contributed by atoms with Crippen molar-refractivity contribution in [3.8, 4) is 11.5 Å². The molecule has 1 aliphatic heterocycles. The Balaban J connectivity index is 1.79. The molecule has 1 fully saturated rings. The van der Waals surface area contributed by atoms with Gasteiger partial charge in [-0.25, -0.2) is 4.68 Å². The zero-order valence-electron chi connectivity index (χ0n) is 13.4. The average molecular weight is 319 g/mol. The maximum absolute atomic E-state index is 5.49. The topological polar surface area (TPSA) is 74.5 Å². The predicted octanol–water partition coefficient (Wildman–Crippen LogP) is 0.965. The van der Waals surface area contributed by atoms with E-state index in [1.807, 2.05) is 18.2 Å². The highest BCUT2D eigenvalue weighted by Gasteiger charge is 2.17. The number of aromatic nitrogens is 4. The fraction of sp³-hybridized carbons (Fsp3) is 0.533. The van der Waals surface area contributed by atoms with E-state index in [-0.39, 0.29) is 0 Å². The highest BCUT2D eigenvalue weighted by atomic mass is 16.5. The second-order valence-electron chi connectivity index (χ2n) is 5.28. The van der Waals surface area contributed by atoms with Crippen molar-refractivity contribution in [2.45, 2.75) is 13.0 Å². The van der Waals surface area contributed by atoms with Gasteiger partial charge in [0.1, 0.15) is 0 Å². The molecule has 8 nitrogen and oxygen atoms in total. The third-order valence-electron chi connectivity index (χ3n) is 3.80. The molecule has 0 atom stereocenters. The molecule has 0 aliphatic carbocycles. The van der Waals surface area contributed by atoms with Crippen LogP contribution < -0.4 is 14.4 Å². The van der Waals surface area contributed by atoms with Crippen molar-refractivity contribution in [3.05, 3.63) is 23.8 Å². The van der Waals surface area contributed by atoms with Crippen molar-refractivity contribution >= 4 is 5.95 Å². The first-order valence-electron chi connectivity index (χ1n) is 7.61. The number of ether oxygens (including phenoxy) is 3. The van der Waals surface area contributed by atoms with E-state index in [4.69, 9.17) is 14.2 Å². The lowest BCUT2D eigenvalue weighted by Gasteiger charge is -2.20. The summed E-state index contributed by atoms with van der Waals surface area (Å²) in [6, 6.07) is 5.81. The van der Waals surface area contributed by atoms with Crippen LogP contribution in [0.5, 0.6) is 11.5 Å². The highest BCUT2D eigenvalue weighted by Crippen LogP contribution is 2.28. The van der Waals surface area contributed by atoms with Crippen molar-refractivity contribution in [1.82, 2.24) is 20.2 Å². The van der Waals surface area contributed by atoms with Gasteiger partial charge < -0.3 is 19.1 Å². The molecule has 3 rings (SSSR count). The molecule has 1 aromatic heterocycles. The lowest BCUT2D eigenvalue weighted by Crippen LogP contribution is -2.29. The monoisotopic (exact) mass is 319 g/mol. The Labute approximate surface area is 134 Å². The Kier molecular flexibility index (Phi) is 4.92. The summed E-state index contributed by atoms with van der Waals surface area (Å²) >= 11 is 0. The van der Waals surface area contributed by atoms with Crippen LogP contribution in [0.25, 0.3) is 0 Å². The molecule has 0 amide bonds. The van der Waals surface area contributed by atoms with Crippen LogP contribution in [0.1, 0.15) is 12.0 Å². The number of rotatable bonds is 5. The summed E-state index contributed by atoms with van der Waals surface area (Å²) in [7, 11) is 3.25. The molecular formula is C15H21N5O3. The zero-order chi connectivity index (χ0) is 16.1. The zero-order valence-corrected chi connectivity index (χ0v) is 13.4. The first-order chi connectivity index (χ1) is 11.3. The molecule has 2 heterocycles. The number of hydrogen-bond donors (Lipinski definition) is 0. The first-order valence-corrected chi connectivity index (χ1v) is 7.61. The molecule has 124 valence electrons. The molecule has 1 aliphatic rings. The van der Waals surface area contributed by atoms with Crippen molar-refractivity contribution < 1.29 is 14.2 Å². The van der Waals surface area contributed by atoms with E-state index in [0.717, 1.165) is 37.6 Å². The minimum Gasteiger partial charge on any atom is -0.493 e. The molecule has 0 bridgehead atoms. The quantitative estimate of drug-likeness (QED) is 0.812. The molecule has 0 saturated carbocycles. The fourth-order valence-corrected chi connectivity index (χ4v) is 2.63. The Bertz CT molecular complexity index is 638. The van der Waals surface area contributed by atoms with E-state index >= 15 is 0 Å². The molecule has 0 unspecified atom stereocenters. The summed E-state index contributed by atoms with van der Waals surface area (Å²) in [4.78, 5) is 2.16. The molecule has 23 heavy (non-hydrogen) atoms.